The van der Waals surface area contributed by atoms with Crippen molar-refractivity contribution in [3.63, 3.8) is 0 Å². The Kier molecular flexibility index (Phi) is 9.46. The average molecular weight is 812 g/mol. The Morgan fingerprint density at radius 2 is 1.49 bits per heavy atom. The molecule has 1 radical (unpaired) electrons. The van der Waals surface area contributed by atoms with E-state index in [0.717, 1.165) is 50.7 Å². The Bertz CT molecular complexity index is 2210. The molecule has 0 saturated carbocycles. The van der Waals surface area contributed by atoms with E-state index in [9.17, 15) is 0 Å². The third-order valence-electron chi connectivity index (χ3n) is 7.99. The zero-order valence-electron chi connectivity index (χ0n) is 30.4. The average Bonchev–Trinajstić information content (AvgIpc) is 3.46. The minimum atomic E-state index is -2.24. The number of hydrogen-bond acceptors (Lipinski definition) is 3. The van der Waals surface area contributed by atoms with Crippen LogP contribution in [0.4, 0.5) is 0 Å². The second kappa shape index (κ2) is 14.7. The SMILES string of the molecule is CC(C)Cc1cc(-c2[c-]cccc2)ncc1[Si](C)(C)C.[2H]C([2H])([2H])c1cnc(-c2[c-]cc3oc4ccccc4c3c2)cc1-c1ccccc1.[Ir]. The molecule has 47 heavy (non-hydrogen) atoms. The van der Waals surface area contributed by atoms with Crippen LogP contribution in [0.25, 0.3) is 55.6 Å². The van der Waals surface area contributed by atoms with Gasteiger partial charge in [0.25, 0.3) is 0 Å². The van der Waals surface area contributed by atoms with Gasteiger partial charge in [-0.05, 0) is 58.5 Å². The maximum Gasteiger partial charge on any atom is 0.120 e. The maximum atomic E-state index is 7.89. The topological polar surface area (TPSA) is 38.9 Å². The number of hydrogen-bond donors (Lipinski definition) is 0. The summed E-state index contributed by atoms with van der Waals surface area (Å²) in [5.74, 6) is 0.667. The van der Waals surface area contributed by atoms with E-state index in [2.05, 4.69) is 73.9 Å². The van der Waals surface area contributed by atoms with Crippen molar-refractivity contribution in [3.05, 3.63) is 139 Å². The molecule has 3 nitrogen and oxygen atoms in total. The Morgan fingerprint density at radius 3 is 2.21 bits per heavy atom. The van der Waals surface area contributed by atoms with Crippen LogP contribution >= 0.6 is 0 Å². The molecule has 0 fully saturated rings. The van der Waals surface area contributed by atoms with Gasteiger partial charge in [0.1, 0.15) is 5.58 Å². The second-order valence-electron chi connectivity index (χ2n) is 13.1. The predicted molar refractivity (Wildman–Crippen MR) is 196 cm³/mol. The van der Waals surface area contributed by atoms with Crippen LogP contribution < -0.4 is 5.19 Å². The van der Waals surface area contributed by atoms with Crippen molar-refractivity contribution in [1.82, 2.24) is 9.97 Å². The van der Waals surface area contributed by atoms with Crippen LogP contribution in [0.3, 0.4) is 0 Å². The summed E-state index contributed by atoms with van der Waals surface area (Å²) in [7, 11) is -1.34. The van der Waals surface area contributed by atoms with Crippen LogP contribution in [0.2, 0.25) is 19.6 Å². The monoisotopic (exact) mass is 812 g/mol. The number of furan rings is 1. The van der Waals surface area contributed by atoms with Crippen molar-refractivity contribution >= 4 is 35.2 Å². The van der Waals surface area contributed by atoms with Crippen LogP contribution in [0, 0.1) is 24.9 Å². The number of fused-ring (bicyclic) bond motifs is 3. The largest absolute Gasteiger partial charge is 0.500 e. The Hall–Kier alpha value is -4.15. The van der Waals surface area contributed by atoms with Crippen molar-refractivity contribution in [2.24, 2.45) is 5.92 Å². The number of nitrogens with zero attached hydrogens (tertiary/aromatic N) is 2. The van der Waals surface area contributed by atoms with Crippen LogP contribution in [0.1, 0.15) is 29.1 Å². The molecule has 0 spiro atoms. The van der Waals surface area contributed by atoms with Crippen molar-refractivity contribution in [2.75, 3.05) is 0 Å². The number of rotatable bonds is 6. The molecular formula is C42H40IrN2OSi-2. The van der Waals surface area contributed by atoms with Crippen molar-refractivity contribution < 1.29 is 28.6 Å². The number of pyridine rings is 2. The normalized spacial score (nSPS) is 12.5. The first-order valence-corrected chi connectivity index (χ1v) is 19.2. The van der Waals surface area contributed by atoms with Gasteiger partial charge in [-0.15, -0.1) is 59.7 Å². The summed E-state index contributed by atoms with van der Waals surface area (Å²) in [5.41, 5.74) is 8.38. The van der Waals surface area contributed by atoms with E-state index < -0.39 is 14.9 Å². The second-order valence-corrected chi connectivity index (χ2v) is 18.1. The van der Waals surface area contributed by atoms with Gasteiger partial charge < -0.3 is 14.4 Å². The molecule has 4 aromatic carbocycles. The summed E-state index contributed by atoms with van der Waals surface area (Å²) in [5, 5.41) is 3.50. The minimum absolute atomic E-state index is 0. The van der Waals surface area contributed by atoms with Gasteiger partial charge in [-0.3, -0.25) is 0 Å². The number of benzene rings is 4. The molecule has 0 atom stereocenters. The molecule has 5 heteroatoms. The summed E-state index contributed by atoms with van der Waals surface area (Å²) in [6.07, 6.45) is 4.69. The van der Waals surface area contributed by atoms with Gasteiger partial charge in [0.05, 0.1) is 13.7 Å². The third kappa shape index (κ3) is 7.88. The van der Waals surface area contributed by atoms with Gasteiger partial charge in [0, 0.05) is 42.0 Å². The van der Waals surface area contributed by atoms with Gasteiger partial charge in [-0.25, -0.2) is 0 Å². The predicted octanol–water partition coefficient (Wildman–Crippen LogP) is 10.7. The first-order chi connectivity index (χ1) is 23.4. The fraction of sp³-hybridized carbons (Fsp3) is 0.190. The summed E-state index contributed by atoms with van der Waals surface area (Å²) < 4.78 is 29.5. The van der Waals surface area contributed by atoms with Crippen molar-refractivity contribution in [3.8, 4) is 33.6 Å². The minimum Gasteiger partial charge on any atom is -0.500 e. The standard InChI is InChI=1S/C24H16NO.C18H24NSi.Ir/c1-16-15-25-22(14-20(16)17-7-3-2-4-8-17)18-11-12-24-21(13-18)19-9-5-6-10-23(19)26-24;1-14(2)11-16-12-17(15-9-7-6-8-10-15)19-13-18(16)20(3,4)5;/h2-10,12-15H,1H3;6-9,12-14H,11H2,1-5H3;/q2*-1;/i1D3;;. The van der Waals surface area contributed by atoms with E-state index >= 15 is 0 Å². The molecule has 7 aromatic rings. The first-order valence-electron chi connectivity index (χ1n) is 17.2. The molecule has 7 rings (SSSR count). The molecule has 3 aromatic heterocycles. The van der Waals surface area contributed by atoms with Crippen molar-refractivity contribution in [1.29, 1.82) is 0 Å². The zero-order chi connectivity index (χ0) is 34.8. The van der Waals surface area contributed by atoms with E-state index in [0.29, 0.717) is 17.2 Å². The van der Waals surface area contributed by atoms with Crippen LogP contribution in [-0.4, -0.2) is 18.0 Å². The molecule has 0 bridgehead atoms. The number of para-hydroxylation sites is 1. The summed E-state index contributed by atoms with van der Waals surface area (Å²) in [4.78, 5) is 9.14. The van der Waals surface area contributed by atoms with Crippen LogP contribution in [-0.2, 0) is 26.5 Å². The number of aromatic nitrogens is 2. The molecule has 3 heterocycles. The molecule has 0 amide bonds. The van der Waals surface area contributed by atoms with E-state index in [1.807, 2.05) is 91.0 Å². The Labute approximate surface area is 297 Å². The first kappa shape index (κ1) is 30.2. The Balaban J connectivity index is 0.000000204. The van der Waals surface area contributed by atoms with E-state index in [1.165, 1.54) is 16.9 Å². The number of aryl methyl sites for hydroxylation is 1. The fourth-order valence-corrected chi connectivity index (χ4v) is 7.35. The smallest absolute Gasteiger partial charge is 0.120 e. The zero-order valence-corrected chi connectivity index (χ0v) is 30.8. The van der Waals surface area contributed by atoms with Crippen LogP contribution in [0.15, 0.2) is 120 Å². The van der Waals surface area contributed by atoms with Gasteiger partial charge in [-0.2, -0.15) is 0 Å². The van der Waals surface area contributed by atoms with E-state index in [-0.39, 0.29) is 25.7 Å². The molecule has 0 aliphatic rings. The summed E-state index contributed by atoms with van der Waals surface area (Å²) >= 11 is 0. The Morgan fingerprint density at radius 1 is 0.766 bits per heavy atom. The van der Waals surface area contributed by atoms with E-state index in [4.69, 9.17) is 8.53 Å². The maximum absolute atomic E-state index is 7.89. The third-order valence-corrected chi connectivity index (χ3v) is 10.1. The molecule has 0 aliphatic heterocycles. The van der Waals surface area contributed by atoms with E-state index in [1.54, 1.807) is 0 Å². The molecule has 239 valence electrons. The van der Waals surface area contributed by atoms with Crippen LogP contribution in [0.5, 0.6) is 0 Å². The van der Waals surface area contributed by atoms with Gasteiger partial charge in [-0.1, -0.05) is 105 Å². The summed E-state index contributed by atoms with van der Waals surface area (Å²) in [6.45, 7) is 9.49. The molecule has 0 N–H and O–H groups in total. The van der Waals surface area contributed by atoms with Gasteiger partial charge in [0.15, 0.2) is 0 Å². The molecule has 0 aliphatic carbocycles. The van der Waals surface area contributed by atoms with Gasteiger partial charge in [0.2, 0.25) is 0 Å². The quantitative estimate of drug-likeness (QED) is 0.124. The molecule has 0 unspecified atom stereocenters. The fourth-order valence-electron chi connectivity index (χ4n) is 5.76. The summed E-state index contributed by atoms with van der Waals surface area (Å²) in [6, 6.07) is 39.9. The molecular weight excluding hydrogens is 769 g/mol. The molecule has 0 saturated heterocycles. The van der Waals surface area contributed by atoms with Gasteiger partial charge >= 0.3 is 0 Å². The van der Waals surface area contributed by atoms with Crippen molar-refractivity contribution in [2.45, 2.75) is 46.8 Å².